The first kappa shape index (κ1) is 15.9. The number of nitrogens with one attached hydrogen (secondary N) is 1. The third-order valence-electron chi connectivity index (χ3n) is 2.92. The van der Waals surface area contributed by atoms with Crippen molar-refractivity contribution in [2.75, 3.05) is 11.9 Å². The zero-order chi connectivity index (χ0) is 15.9. The number of rotatable bonds is 6. The minimum Gasteiger partial charge on any atom is -0.494 e. The van der Waals surface area contributed by atoms with Crippen molar-refractivity contribution in [1.82, 2.24) is 0 Å². The number of ether oxygens (including phenoxy) is 2. The Kier molecular flexibility index (Phi) is 5.42. The summed E-state index contributed by atoms with van der Waals surface area (Å²) in [5.41, 5.74) is 1.23. The van der Waals surface area contributed by atoms with Crippen molar-refractivity contribution in [2.45, 2.75) is 26.9 Å². The van der Waals surface area contributed by atoms with E-state index in [2.05, 4.69) is 5.32 Å². The van der Waals surface area contributed by atoms with Crippen LogP contribution < -0.4 is 14.8 Å². The molecule has 0 heterocycles. The molecule has 4 nitrogen and oxygen atoms in total. The Labute approximate surface area is 131 Å². The zero-order valence-corrected chi connectivity index (χ0v) is 13.1. The van der Waals surface area contributed by atoms with Gasteiger partial charge in [-0.15, -0.1) is 0 Å². The first-order valence-corrected chi connectivity index (χ1v) is 7.40. The normalized spacial score (nSPS) is 10.4. The molecule has 2 rings (SSSR count). The van der Waals surface area contributed by atoms with E-state index in [4.69, 9.17) is 9.47 Å². The van der Waals surface area contributed by atoms with Gasteiger partial charge in [-0.05, 0) is 57.2 Å². The number of para-hydroxylation sites is 1. The van der Waals surface area contributed by atoms with Gasteiger partial charge >= 0.3 is 0 Å². The van der Waals surface area contributed by atoms with Crippen LogP contribution in [0.1, 0.15) is 31.1 Å². The first-order valence-electron chi connectivity index (χ1n) is 7.40. The van der Waals surface area contributed by atoms with Crippen LogP contribution in [0.15, 0.2) is 48.5 Å². The predicted molar refractivity (Wildman–Crippen MR) is 87.8 cm³/mol. The molecule has 0 saturated carbocycles. The summed E-state index contributed by atoms with van der Waals surface area (Å²) in [6, 6.07) is 14.5. The van der Waals surface area contributed by atoms with E-state index in [9.17, 15) is 4.79 Å². The molecular formula is C18H21NO3. The van der Waals surface area contributed by atoms with Crippen LogP contribution in [-0.4, -0.2) is 18.6 Å². The molecule has 0 aliphatic heterocycles. The lowest BCUT2D eigenvalue weighted by atomic mass is 10.1. The summed E-state index contributed by atoms with van der Waals surface area (Å²) in [5.74, 6) is 1.17. The largest absolute Gasteiger partial charge is 0.494 e. The monoisotopic (exact) mass is 299 g/mol. The highest BCUT2D eigenvalue weighted by molar-refractivity contribution is 6.06. The zero-order valence-electron chi connectivity index (χ0n) is 13.1. The maximum absolute atomic E-state index is 12.4. The maximum Gasteiger partial charge on any atom is 0.259 e. The minimum absolute atomic E-state index is 0.0134. The van der Waals surface area contributed by atoms with E-state index in [1.54, 1.807) is 12.1 Å². The number of hydrogen-bond donors (Lipinski definition) is 1. The van der Waals surface area contributed by atoms with Gasteiger partial charge in [0, 0.05) is 5.69 Å². The molecule has 4 heteroatoms. The van der Waals surface area contributed by atoms with Gasteiger partial charge in [0.15, 0.2) is 0 Å². The molecule has 0 bridgehead atoms. The summed E-state index contributed by atoms with van der Waals surface area (Å²) in [4.78, 5) is 12.4. The van der Waals surface area contributed by atoms with Crippen LogP contribution >= 0.6 is 0 Å². The molecular weight excluding hydrogens is 278 g/mol. The topological polar surface area (TPSA) is 47.6 Å². The van der Waals surface area contributed by atoms with Gasteiger partial charge in [0.05, 0.1) is 18.3 Å². The van der Waals surface area contributed by atoms with Gasteiger partial charge in [-0.3, -0.25) is 4.79 Å². The Hall–Kier alpha value is -2.49. The molecule has 2 aromatic carbocycles. The number of hydrogen-bond acceptors (Lipinski definition) is 3. The van der Waals surface area contributed by atoms with Crippen LogP contribution in [0.25, 0.3) is 0 Å². The molecule has 0 radical (unpaired) electrons. The SMILES string of the molecule is CCOc1ccc(NC(=O)c2ccccc2OC(C)C)cc1. The number of anilines is 1. The molecule has 0 aliphatic rings. The van der Waals surface area contributed by atoms with Gasteiger partial charge in [0.25, 0.3) is 5.91 Å². The Morgan fingerprint density at radius 2 is 1.77 bits per heavy atom. The van der Waals surface area contributed by atoms with E-state index in [0.29, 0.717) is 23.6 Å². The third-order valence-corrected chi connectivity index (χ3v) is 2.92. The van der Waals surface area contributed by atoms with Crippen molar-refractivity contribution in [3.05, 3.63) is 54.1 Å². The molecule has 0 aliphatic carbocycles. The number of carbonyl (C=O) groups is 1. The highest BCUT2D eigenvalue weighted by Crippen LogP contribution is 2.22. The third kappa shape index (κ3) is 4.25. The molecule has 116 valence electrons. The molecule has 0 fully saturated rings. The average Bonchev–Trinajstić information content (AvgIpc) is 2.49. The quantitative estimate of drug-likeness (QED) is 0.872. The van der Waals surface area contributed by atoms with E-state index in [1.807, 2.05) is 57.2 Å². The number of carbonyl (C=O) groups excluding carboxylic acids is 1. The van der Waals surface area contributed by atoms with Crippen molar-refractivity contribution < 1.29 is 14.3 Å². The fourth-order valence-electron chi connectivity index (χ4n) is 2.01. The summed E-state index contributed by atoms with van der Waals surface area (Å²) < 4.78 is 11.1. The Bertz CT molecular complexity index is 620. The van der Waals surface area contributed by atoms with E-state index >= 15 is 0 Å². The molecule has 0 saturated heterocycles. The second-order valence-electron chi connectivity index (χ2n) is 5.07. The van der Waals surface area contributed by atoms with E-state index in [-0.39, 0.29) is 12.0 Å². The van der Waals surface area contributed by atoms with Crippen LogP contribution in [0.5, 0.6) is 11.5 Å². The Balaban J connectivity index is 2.12. The summed E-state index contributed by atoms with van der Waals surface area (Å²) in [6.45, 7) is 6.41. The molecule has 22 heavy (non-hydrogen) atoms. The van der Waals surface area contributed by atoms with Crippen LogP contribution in [0.4, 0.5) is 5.69 Å². The van der Waals surface area contributed by atoms with Gasteiger partial charge in [-0.25, -0.2) is 0 Å². The van der Waals surface area contributed by atoms with Crippen LogP contribution in [0.3, 0.4) is 0 Å². The van der Waals surface area contributed by atoms with Gasteiger partial charge < -0.3 is 14.8 Å². The molecule has 2 aromatic rings. The fourth-order valence-corrected chi connectivity index (χ4v) is 2.01. The lowest BCUT2D eigenvalue weighted by molar-refractivity contribution is 0.102. The fraction of sp³-hybridized carbons (Fsp3) is 0.278. The van der Waals surface area contributed by atoms with E-state index in [1.165, 1.54) is 0 Å². The predicted octanol–water partition coefficient (Wildman–Crippen LogP) is 4.12. The summed E-state index contributed by atoms with van der Waals surface area (Å²) in [5, 5.41) is 2.87. The van der Waals surface area contributed by atoms with Gasteiger partial charge in [-0.2, -0.15) is 0 Å². The van der Waals surface area contributed by atoms with Crippen molar-refractivity contribution in [3.63, 3.8) is 0 Å². The number of benzene rings is 2. The lowest BCUT2D eigenvalue weighted by Crippen LogP contribution is -2.15. The number of amides is 1. The average molecular weight is 299 g/mol. The Morgan fingerprint density at radius 1 is 1.09 bits per heavy atom. The summed E-state index contributed by atoms with van der Waals surface area (Å²) in [7, 11) is 0. The van der Waals surface area contributed by atoms with Crippen LogP contribution in [0, 0.1) is 0 Å². The first-order chi connectivity index (χ1) is 10.6. The van der Waals surface area contributed by atoms with Gasteiger partial charge in [-0.1, -0.05) is 12.1 Å². The second kappa shape index (κ2) is 7.50. The minimum atomic E-state index is -0.194. The molecule has 0 atom stereocenters. The summed E-state index contributed by atoms with van der Waals surface area (Å²) >= 11 is 0. The van der Waals surface area contributed by atoms with Crippen molar-refractivity contribution in [3.8, 4) is 11.5 Å². The smallest absolute Gasteiger partial charge is 0.259 e. The van der Waals surface area contributed by atoms with Crippen LogP contribution in [-0.2, 0) is 0 Å². The van der Waals surface area contributed by atoms with Crippen molar-refractivity contribution in [2.24, 2.45) is 0 Å². The van der Waals surface area contributed by atoms with E-state index in [0.717, 1.165) is 5.75 Å². The molecule has 1 N–H and O–H groups in total. The standard InChI is InChI=1S/C18H21NO3/c1-4-21-15-11-9-14(10-12-15)19-18(20)16-7-5-6-8-17(16)22-13(2)3/h5-13H,4H2,1-3H3,(H,19,20). The van der Waals surface area contributed by atoms with E-state index < -0.39 is 0 Å². The van der Waals surface area contributed by atoms with Crippen molar-refractivity contribution in [1.29, 1.82) is 0 Å². The lowest BCUT2D eigenvalue weighted by Gasteiger charge is -2.14. The van der Waals surface area contributed by atoms with Crippen molar-refractivity contribution >= 4 is 11.6 Å². The van der Waals surface area contributed by atoms with Crippen LogP contribution in [0.2, 0.25) is 0 Å². The molecule has 0 unspecified atom stereocenters. The second-order valence-corrected chi connectivity index (χ2v) is 5.07. The molecule has 0 spiro atoms. The highest BCUT2D eigenvalue weighted by Gasteiger charge is 2.13. The molecule has 1 amide bonds. The molecule has 0 aromatic heterocycles. The Morgan fingerprint density at radius 3 is 2.41 bits per heavy atom. The summed E-state index contributed by atoms with van der Waals surface area (Å²) in [6.07, 6.45) is 0.0134. The van der Waals surface area contributed by atoms with Gasteiger partial charge in [0.1, 0.15) is 11.5 Å². The highest BCUT2D eigenvalue weighted by atomic mass is 16.5. The van der Waals surface area contributed by atoms with Gasteiger partial charge in [0.2, 0.25) is 0 Å². The maximum atomic E-state index is 12.4.